The summed E-state index contributed by atoms with van der Waals surface area (Å²) < 4.78 is 27.0. The molecule has 4 nitrogen and oxygen atoms in total. The Morgan fingerprint density at radius 3 is 2.16 bits per heavy atom. The number of nitrogens with two attached hydrogens (primary N) is 1. The van der Waals surface area contributed by atoms with Gasteiger partial charge >= 0.3 is 0 Å². The molecule has 6 heteroatoms. The molecule has 0 aliphatic heterocycles. The van der Waals surface area contributed by atoms with Crippen LogP contribution >= 0.6 is 0 Å². The smallest absolute Gasteiger partial charge is 0.253 e. The first-order chi connectivity index (χ1) is 8.65. The number of hydrogen-bond donors (Lipinski definition) is 2. The van der Waals surface area contributed by atoms with Crippen molar-refractivity contribution in [1.82, 2.24) is 4.90 Å². The topological polar surface area (TPSA) is 58.4 Å². The Balaban J connectivity index is 3.01. The van der Waals surface area contributed by atoms with Crippen molar-refractivity contribution in [2.45, 2.75) is 20.8 Å². The van der Waals surface area contributed by atoms with Crippen LogP contribution in [-0.2, 0) is 0 Å². The van der Waals surface area contributed by atoms with Crippen LogP contribution in [0, 0.1) is 17.0 Å². The zero-order valence-electron chi connectivity index (χ0n) is 11.6. The van der Waals surface area contributed by atoms with Gasteiger partial charge in [0, 0.05) is 19.2 Å². The standard InChI is InChI=1S/C13H19F2N3O/c1-13(2,3)7-18(4)12(19)8-5-9(14)11(17-16)10(15)6-8/h5-6,17H,7,16H2,1-4H3. The predicted molar refractivity (Wildman–Crippen MR) is 70.6 cm³/mol. The second kappa shape index (κ2) is 5.52. The fourth-order valence-corrected chi connectivity index (χ4v) is 1.84. The molecule has 0 fully saturated rings. The number of benzene rings is 1. The number of hydrazine groups is 1. The van der Waals surface area contributed by atoms with Gasteiger partial charge in [-0.25, -0.2) is 8.78 Å². The molecule has 0 aromatic heterocycles. The number of anilines is 1. The lowest BCUT2D eigenvalue weighted by Gasteiger charge is -2.26. The number of hydrogen-bond acceptors (Lipinski definition) is 3. The van der Waals surface area contributed by atoms with Gasteiger partial charge in [0.2, 0.25) is 0 Å². The van der Waals surface area contributed by atoms with Crippen LogP contribution in [0.5, 0.6) is 0 Å². The maximum atomic E-state index is 13.5. The van der Waals surface area contributed by atoms with E-state index in [-0.39, 0.29) is 11.0 Å². The van der Waals surface area contributed by atoms with Crippen LogP contribution in [0.15, 0.2) is 12.1 Å². The Morgan fingerprint density at radius 2 is 1.79 bits per heavy atom. The highest BCUT2D eigenvalue weighted by Crippen LogP contribution is 2.21. The number of amides is 1. The summed E-state index contributed by atoms with van der Waals surface area (Å²) >= 11 is 0. The minimum Gasteiger partial charge on any atom is -0.341 e. The molecule has 106 valence electrons. The monoisotopic (exact) mass is 271 g/mol. The number of carbonyl (C=O) groups excluding carboxylic acids is 1. The highest BCUT2D eigenvalue weighted by atomic mass is 19.1. The molecule has 0 saturated carbocycles. The first-order valence-electron chi connectivity index (χ1n) is 5.87. The second-order valence-corrected chi connectivity index (χ2v) is 5.68. The highest BCUT2D eigenvalue weighted by Gasteiger charge is 2.21. The lowest BCUT2D eigenvalue weighted by Crippen LogP contribution is -2.34. The molecule has 1 amide bonds. The molecule has 0 aliphatic carbocycles. The lowest BCUT2D eigenvalue weighted by molar-refractivity contribution is 0.0744. The first-order valence-corrected chi connectivity index (χ1v) is 5.87. The van der Waals surface area contributed by atoms with Gasteiger partial charge in [0.05, 0.1) is 0 Å². The van der Waals surface area contributed by atoms with E-state index in [2.05, 4.69) is 0 Å². The third-order valence-electron chi connectivity index (χ3n) is 2.49. The van der Waals surface area contributed by atoms with Crippen LogP contribution in [-0.4, -0.2) is 24.4 Å². The van der Waals surface area contributed by atoms with E-state index >= 15 is 0 Å². The zero-order valence-corrected chi connectivity index (χ0v) is 11.6. The summed E-state index contributed by atoms with van der Waals surface area (Å²) in [6, 6.07) is 1.94. The Bertz CT molecular complexity index is 460. The quantitative estimate of drug-likeness (QED) is 0.655. The average molecular weight is 271 g/mol. The number of halogens is 2. The number of nitrogens with zero attached hydrogens (tertiary/aromatic N) is 1. The average Bonchev–Trinajstić information content (AvgIpc) is 2.25. The van der Waals surface area contributed by atoms with E-state index in [9.17, 15) is 13.6 Å². The van der Waals surface area contributed by atoms with Crippen molar-refractivity contribution < 1.29 is 13.6 Å². The van der Waals surface area contributed by atoms with Gasteiger partial charge in [0.1, 0.15) is 5.69 Å². The Hall–Kier alpha value is -1.69. The van der Waals surface area contributed by atoms with Gasteiger partial charge in [-0.1, -0.05) is 20.8 Å². The van der Waals surface area contributed by atoms with E-state index in [1.165, 1.54) is 4.90 Å². The van der Waals surface area contributed by atoms with Crippen molar-refractivity contribution in [3.05, 3.63) is 29.3 Å². The van der Waals surface area contributed by atoms with E-state index in [1.807, 2.05) is 26.2 Å². The van der Waals surface area contributed by atoms with E-state index in [4.69, 9.17) is 5.84 Å². The summed E-state index contributed by atoms with van der Waals surface area (Å²) in [5.74, 6) is 2.77. The summed E-state index contributed by atoms with van der Waals surface area (Å²) in [5.41, 5.74) is 1.34. The van der Waals surface area contributed by atoms with Gasteiger partial charge in [-0.2, -0.15) is 0 Å². The van der Waals surface area contributed by atoms with Crippen molar-refractivity contribution in [1.29, 1.82) is 0 Å². The molecule has 19 heavy (non-hydrogen) atoms. The lowest BCUT2D eigenvalue weighted by atomic mass is 9.96. The Labute approximate surface area is 111 Å². The van der Waals surface area contributed by atoms with E-state index in [0.29, 0.717) is 6.54 Å². The maximum absolute atomic E-state index is 13.5. The van der Waals surface area contributed by atoms with Crippen molar-refractivity contribution in [3.8, 4) is 0 Å². The van der Waals surface area contributed by atoms with Crippen LogP contribution in [0.25, 0.3) is 0 Å². The molecule has 0 unspecified atom stereocenters. The van der Waals surface area contributed by atoms with Crippen molar-refractivity contribution >= 4 is 11.6 Å². The molecule has 0 radical (unpaired) electrons. The molecule has 1 aromatic rings. The minimum atomic E-state index is -0.894. The molecule has 1 aromatic carbocycles. The van der Waals surface area contributed by atoms with Crippen LogP contribution in [0.2, 0.25) is 0 Å². The number of nitrogen functional groups attached to an aromatic ring is 1. The minimum absolute atomic E-state index is 0.0410. The number of nitrogens with one attached hydrogen (secondary N) is 1. The third kappa shape index (κ3) is 3.89. The van der Waals surface area contributed by atoms with Crippen molar-refractivity contribution in [2.75, 3.05) is 19.0 Å². The number of carbonyl (C=O) groups is 1. The summed E-state index contributed by atoms with van der Waals surface area (Å²) in [7, 11) is 1.60. The second-order valence-electron chi connectivity index (χ2n) is 5.68. The first kappa shape index (κ1) is 15.4. The molecule has 0 heterocycles. The molecule has 0 bridgehead atoms. The summed E-state index contributed by atoms with van der Waals surface area (Å²) in [6.45, 7) is 6.39. The fourth-order valence-electron chi connectivity index (χ4n) is 1.84. The van der Waals surface area contributed by atoms with E-state index in [1.54, 1.807) is 7.05 Å². The van der Waals surface area contributed by atoms with Crippen molar-refractivity contribution in [3.63, 3.8) is 0 Å². The summed E-state index contributed by atoms with van der Waals surface area (Å²) in [4.78, 5) is 13.5. The molecular weight excluding hydrogens is 252 g/mol. The molecule has 0 spiro atoms. The normalized spacial score (nSPS) is 11.3. The molecule has 3 N–H and O–H groups in total. The Kier molecular flexibility index (Phi) is 4.47. The van der Waals surface area contributed by atoms with Crippen LogP contribution in [0.3, 0.4) is 0 Å². The van der Waals surface area contributed by atoms with Crippen molar-refractivity contribution in [2.24, 2.45) is 11.3 Å². The third-order valence-corrected chi connectivity index (χ3v) is 2.49. The van der Waals surface area contributed by atoms with Gasteiger partial charge in [-0.3, -0.25) is 10.6 Å². The van der Waals surface area contributed by atoms with Crippen LogP contribution in [0.4, 0.5) is 14.5 Å². The zero-order chi connectivity index (χ0) is 14.8. The van der Waals surface area contributed by atoms with E-state index < -0.39 is 23.2 Å². The molecular formula is C13H19F2N3O. The summed E-state index contributed by atoms with van der Waals surface area (Å²) in [5, 5.41) is 0. The van der Waals surface area contributed by atoms with Gasteiger partial charge in [0.25, 0.3) is 5.91 Å². The summed E-state index contributed by atoms with van der Waals surface area (Å²) in [6.07, 6.45) is 0. The van der Waals surface area contributed by atoms with Gasteiger partial charge in [-0.05, 0) is 17.5 Å². The van der Waals surface area contributed by atoms with Crippen LogP contribution < -0.4 is 11.3 Å². The largest absolute Gasteiger partial charge is 0.341 e. The fraction of sp³-hybridized carbons (Fsp3) is 0.462. The maximum Gasteiger partial charge on any atom is 0.253 e. The molecule has 0 aliphatic rings. The van der Waals surface area contributed by atoms with E-state index in [0.717, 1.165) is 12.1 Å². The van der Waals surface area contributed by atoms with Gasteiger partial charge < -0.3 is 10.3 Å². The van der Waals surface area contributed by atoms with Gasteiger partial charge in [0.15, 0.2) is 11.6 Å². The predicted octanol–water partition coefficient (Wildman–Crippen LogP) is 2.37. The van der Waals surface area contributed by atoms with Crippen LogP contribution in [0.1, 0.15) is 31.1 Å². The molecule has 1 rings (SSSR count). The highest BCUT2D eigenvalue weighted by molar-refractivity contribution is 5.94. The Morgan fingerprint density at radius 1 is 1.32 bits per heavy atom. The van der Waals surface area contributed by atoms with Gasteiger partial charge in [-0.15, -0.1) is 0 Å². The SMILES string of the molecule is CN(CC(C)(C)C)C(=O)c1cc(F)c(NN)c(F)c1. The molecule has 0 saturated heterocycles. The molecule has 0 atom stereocenters. The number of rotatable bonds is 3.